The van der Waals surface area contributed by atoms with Gasteiger partial charge in [0.15, 0.2) is 10.3 Å². The second-order valence-electron chi connectivity index (χ2n) is 3.64. The molecule has 8 heteroatoms. The number of aromatic nitrogens is 3. The summed E-state index contributed by atoms with van der Waals surface area (Å²) < 4.78 is 0.858. The molecule has 0 saturated heterocycles. The summed E-state index contributed by atoms with van der Waals surface area (Å²) >= 11 is 14.8. The van der Waals surface area contributed by atoms with Gasteiger partial charge in [-0.05, 0) is 40.5 Å². The van der Waals surface area contributed by atoms with Crippen molar-refractivity contribution in [2.24, 2.45) is 0 Å². The monoisotopic (exact) mass is 360 g/mol. The van der Waals surface area contributed by atoms with Crippen molar-refractivity contribution in [3.05, 3.63) is 44.2 Å². The van der Waals surface area contributed by atoms with Gasteiger partial charge in [-0.3, -0.25) is 4.79 Å². The molecule has 98 valence electrons. The van der Waals surface area contributed by atoms with Crippen LogP contribution in [0.15, 0.2) is 22.8 Å². The number of anilines is 1. The maximum Gasteiger partial charge on any atom is 0.260 e. The molecule has 0 spiro atoms. The third kappa shape index (κ3) is 3.40. The Morgan fingerprint density at radius 3 is 2.74 bits per heavy atom. The number of nitrogens with zero attached hydrogens (tertiary/aromatic N) is 3. The molecular formula is C11H7BrCl2N4O. The second-order valence-corrected chi connectivity index (χ2v) is 5.24. The van der Waals surface area contributed by atoms with Crippen molar-refractivity contribution in [2.75, 3.05) is 5.32 Å². The molecule has 0 bridgehead atoms. The maximum absolute atomic E-state index is 12.0. The fraction of sp³-hybridized carbons (Fsp3) is 0.0909. The molecule has 2 aromatic heterocycles. The number of rotatable bonds is 2. The number of carbonyl (C=O) groups is 1. The summed E-state index contributed by atoms with van der Waals surface area (Å²) in [5.74, 6) is -0.0364. The predicted molar refractivity (Wildman–Crippen MR) is 76.7 cm³/mol. The number of amides is 1. The van der Waals surface area contributed by atoms with E-state index in [-0.39, 0.29) is 15.9 Å². The van der Waals surface area contributed by atoms with Gasteiger partial charge in [-0.1, -0.05) is 23.2 Å². The Hall–Kier alpha value is -1.24. The number of halogens is 3. The van der Waals surface area contributed by atoms with E-state index in [0.717, 1.165) is 10.0 Å². The first-order valence-corrected chi connectivity index (χ1v) is 6.64. The first-order chi connectivity index (χ1) is 8.97. The van der Waals surface area contributed by atoms with Crippen molar-refractivity contribution in [1.82, 2.24) is 15.2 Å². The number of pyridine rings is 1. The van der Waals surface area contributed by atoms with Gasteiger partial charge < -0.3 is 5.32 Å². The first kappa shape index (κ1) is 14.2. The highest BCUT2D eigenvalue weighted by atomic mass is 79.9. The van der Waals surface area contributed by atoms with Crippen LogP contribution in [0, 0.1) is 6.92 Å². The average Bonchev–Trinajstić information content (AvgIpc) is 2.36. The van der Waals surface area contributed by atoms with E-state index in [1.165, 1.54) is 6.07 Å². The van der Waals surface area contributed by atoms with Crippen molar-refractivity contribution in [3.8, 4) is 0 Å². The molecule has 0 unspecified atom stereocenters. The average molecular weight is 362 g/mol. The van der Waals surface area contributed by atoms with Crippen LogP contribution in [0.5, 0.6) is 0 Å². The van der Waals surface area contributed by atoms with Crippen LogP contribution >= 0.6 is 39.1 Å². The molecule has 0 aromatic carbocycles. The van der Waals surface area contributed by atoms with Crippen LogP contribution < -0.4 is 5.32 Å². The molecule has 0 aliphatic heterocycles. The number of hydrogen-bond acceptors (Lipinski definition) is 4. The van der Waals surface area contributed by atoms with Gasteiger partial charge in [-0.2, -0.15) is 0 Å². The molecule has 0 radical (unpaired) electrons. The van der Waals surface area contributed by atoms with Crippen LogP contribution in [0.1, 0.15) is 15.9 Å². The Morgan fingerprint density at radius 2 is 2.05 bits per heavy atom. The van der Waals surface area contributed by atoms with E-state index < -0.39 is 5.91 Å². The van der Waals surface area contributed by atoms with Crippen LogP contribution in [0.2, 0.25) is 10.3 Å². The van der Waals surface area contributed by atoms with Gasteiger partial charge in [0.25, 0.3) is 5.91 Å². The number of carbonyl (C=O) groups excluding carboxylic acids is 1. The van der Waals surface area contributed by atoms with Crippen molar-refractivity contribution < 1.29 is 4.79 Å². The van der Waals surface area contributed by atoms with E-state index in [2.05, 4.69) is 36.4 Å². The van der Waals surface area contributed by atoms with E-state index in [1.807, 2.05) is 6.92 Å². The lowest BCUT2D eigenvalue weighted by atomic mass is 10.2. The van der Waals surface area contributed by atoms with E-state index >= 15 is 0 Å². The summed E-state index contributed by atoms with van der Waals surface area (Å²) in [4.78, 5) is 16.1. The molecule has 0 saturated carbocycles. The molecular weight excluding hydrogens is 355 g/mol. The Balaban J connectivity index is 2.25. The molecule has 0 atom stereocenters. The molecule has 0 aliphatic rings. The maximum atomic E-state index is 12.0. The predicted octanol–water partition coefficient (Wildman–Crippen LogP) is 3.50. The molecule has 0 fully saturated rings. The smallest absolute Gasteiger partial charge is 0.260 e. The molecule has 1 amide bonds. The van der Waals surface area contributed by atoms with Crippen molar-refractivity contribution >= 4 is 50.9 Å². The Bertz CT molecular complexity index is 651. The molecule has 2 rings (SSSR count). The van der Waals surface area contributed by atoms with Gasteiger partial charge in [0.2, 0.25) is 0 Å². The van der Waals surface area contributed by atoms with E-state index in [0.29, 0.717) is 5.82 Å². The van der Waals surface area contributed by atoms with E-state index in [1.54, 1.807) is 12.3 Å². The standard InChI is InChI=1S/C11H7BrCl2N4O/c1-5-2-9(15-4-7(5)12)16-11(19)6-3-8(13)17-18-10(6)14/h2-4H,1H3,(H,15,16,19). The quantitative estimate of drug-likeness (QED) is 0.888. The highest BCUT2D eigenvalue weighted by Gasteiger charge is 2.14. The zero-order valence-corrected chi connectivity index (χ0v) is 12.7. The largest absolute Gasteiger partial charge is 0.306 e. The van der Waals surface area contributed by atoms with Crippen molar-refractivity contribution in [2.45, 2.75) is 6.92 Å². The molecule has 19 heavy (non-hydrogen) atoms. The lowest BCUT2D eigenvalue weighted by Crippen LogP contribution is -2.14. The van der Waals surface area contributed by atoms with Crippen molar-refractivity contribution in [1.29, 1.82) is 0 Å². The van der Waals surface area contributed by atoms with Crippen molar-refractivity contribution in [3.63, 3.8) is 0 Å². The summed E-state index contributed by atoms with van der Waals surface area (Å²) in [5, 5.41) is 9.79. The van der Waals surface area contributed by atoms with Gasteiger partial charge >= 0.3 is 0 Å². The van der Waals surface area contributed by atoms with Crippen LogP contribution in [-0.2, 0) is 0 Å². The topological polar surface area (TPSA) is 67.8 Å². The number of nitrogens with one attached hydrogen (secondary N) is 1. The van der Waals surface area contributed by atoms with E-state index in [4.69, 9.17) is 23.2 Å². The summed E-state index contributed by atoms with van der Waals surface area (Å²) in [6.07, 6.45) is 1.60. The first-order valence-electron chi connectivity index (χ1n) is 5.09. The minimum absolute atomic E-state index is 0.0178. The van der Waals surface area contributed by atoms with Crippen LogP contribution in [0.3, 0.4) is 0 Å². The fourth-order valence-electron chi connectivity index (χ4n) is 1.30. The van der Waals surface area contributed by atoms with E-state index in [9.17, 15) is 4.79 Å². The van der Waals surface area contributed by atoms with Crippen LogP contribution in [0.25, 0.3) is 0 Å². The highest BCUT2D eigenvalue weighted by Crippen LogP contribution is 2.20. The van der Waals surface area contributed by atoms with Gasteiger partial charge in [-0.15, -0.1) is 10.2 Å². The van der Waals surface area contributed by atoms with Gasteiger partial charge in [0.05, 0.1) is 5.56 Å². The third-order valence-electron chi connectivity index (χ3n) is 2.25. The zero-order valence-electron chi connectivity index (χ0n) is 9.62. The highest BCUT2D eigenvalue weighted by molar-refractivity contribution is 9.10. The molecule has 2 heterocycles. The summed E-state index contributed by atoms with van der Waals surface area (Å²) in [7, 11) is 0. The Labute approximate surface area is 127 Å². The molecule has 5 nitrogen and oxygen atoms in total. The molecule has 2 aromatic rings. The lowest BCUT2D eigenvalue weighted by molar-refractivity contribution is 0.102. The minimum atomic E-state index is -0.448. The Kier molecular flexibility index (Phi) is 4.34. The van der Waals surface area contributed by atoms with Gasteiger partial charge in [0, 0.05) is 10.7 Å². The zero-order chi connectivity index (χ0) is 14.0. The van der Waals surface area contributed by atoms with Gasteiger partial charge in [0.1, 0.15) is 5.82 Å². The fourth-order valence-corrected chi connectivity index (χ4v) is 1.85. The third-order valence-corrected chi connectivity index (χ3v) is 3.55. The number of hydrogen-bond donors (Lipinski definition) is 1. The summed E-state index contributed by atoms with van der Waals surface area (Å²) in [5.41, 5.74) is 1.09. The van der Waals surface area contributed by atoms with Gasteiger partial charge in [-0.25, -0.2) is 4.98 Å². The molecule has 1 N–H and O–H groups in total. The normalized spacial score (nSPS) is 10.3. The lowest BCUT2D eigenvalue weighted by Gasteiger charge is -2.06. The SMILES string of the molecule is Cc1cc(NC(=O)c2cc(Cl)nnc2Cl)ncc1Br. The second kappa shape index (κ2) is 5.81. The summed E-state index contributed by atoms with van der Waals surface area (Å²) in [6, 6.07) is 3.07. The van der Waals surface area contributed by atoms with Crippen LogP contribution in [-0.4, -0.2) is 21.1 Å². The number of aryl methyl sites for hydroxylation is 1. The minimum Gasteiger partial charge on any atom is -0.306 e. The Morgan fingerprint density at radius 1 is 1.32 bits per heavy atom. The molecule has 0 aliphatic carbocycles. The summed E-state index contributed by atoms with van der Waals surface area (Å²) in [6.45, 7) is 1.89. The van der Waals surface area contributed by atoms with Crippen LogP contribution in [0.4, 0.5) is 5.82 Å².